The Morgan fingerprint density at radius 3 is 1.93 bits per heavy atom. The lowest BCUT2D eigenvalue weighted by Crippen LogP contribution is -2.41. The Balaban J connectivity index is 1.69. The van der Waals surface area contributed by atoms with Gasteiger partial charge in [0.05, 0.1) is 11.4 Å². The highest BCUT2D eigenvalue weighted by Gasteiger charge is 2.08. The van der Waals surface area contributed by atoms with Crippen LogP contribution < -0.4 is 21.1 Å². The first-order valence-electron chi connectivity index (χ1n) is 7.88. The molecule has 0 aliphatic heterocycles. The number of benzene rings is 2. The second kappa shape index (κ2) is 9.10. The Hall–Kier alpha value is -2.98. The number of hydrogen-bond donors (Lipinski definition) is 4. The Bertz CT molecular complexity index is 900. The van der Waals surface area contributed by atoms with Gasteiger partial charge in [0, 0.05) is 13.1 Å². The minimum atomic E-state index is -3.76. The molecule has 0 saturated heterocycles. The summed E-state index contributed by atoms with van der Waals surface area (Å²) in [5.41, 5.74) is 1.40. The van der Waals surface area contributed by atoms with Crippen LogP contribution in [0.3, 0.4) is 0 Å². The molecule has 3 amide bonds. The summed E-state index contributed by atoms with van der Waals surface area (Å²) in [6.07, 6.45) is 0. The van der Waals surface area contributed by atoms with Crippen LogP contribution in [0.4, 0.5) is 9.18 Å². The van der Waals surface area contributed by atoms with Crippen LogP contribution in [0.15, 0.2) is 53.4 Å². The highest BCUT2D eigenvalue weighted by Crippen LogP contribution is 2.08. The summed E-state index contributed by atoms with van der Waals surface area (Å²) in [6.45, 7) is 0.136. The van der Waals surface area contributed by atoms with Crippen LogP contribution in [0.25, 0.3) is 0 Å². The molecule has 27 heavy (non-hydrogen) atoms. The number of carbonyl (C=O) groups is 2. The number of hydrogen-bond acceptors (Lipinski definition) is 4. The van der Waals surface area contributed by atoms with Crippen molar-refractivity contribution in [3.8, 4) is 0 Å². The summed E-state index contributed by atoms with van der Waals surface area (Å²) in [5, 5.41) is 12.5. The zero-order valence-corrected chi connectivity index (χ0v) is 15.1. The molecule has 10 heteroatoms. The predicted molar refractivity (Wildman–Crippen MR) is 96.3 cm³/mol. The monoisotopic (exact) mass is 394 g/mol. The Morgan fingerprint density at radius 2 is 1.37 bits per heavy atom. The third-order valence-electron chi connectivity index (χ3n) is 3.52. The van der Waals surface area contributed by atoms with Gasteiger partial charge in [-0.05, 0) is 35.4 Å². The Kier molecular flexibility index (Phi) is 6.85. The first-order valence-corrected chi connectivity index (χ1v) is 9.43. The quantitative estimate of drug-likeness (QED) is 0.547. The molecule has 0 radical (unpaired) electrons. The van der Waals surface area contributed by atoms with Gasteiger partial charge in [-0.15, -0.1) is 0 Å². The molecule has 2 aromatic carbocycles. The van der Waals surface area contributed by atoms with Crippen LogP contribution in [0.1, 0.15) is 11.1 Å². The molecule has 0 aliphatic rings. The SMILES string of the molecule is NS(=O)(=O)c1ccc(CNC(=O)CNC(=O)NCc2ccc(F)cc2)cc1. The van der Waals surface area contributed by atoms with Gasteiger partial charge >= 0.3 is 6.03 Å². The molecule has 2 aromatic rings. The van der Waals surface area contributed by atoms with Crippen LogP contribution in [0, 0.1) is 5.82 Å². The average molecular weight is 394 g/mol. The van der Waals surface area contributed by atoms with Gasteiger partial charge in [-0.25, -0.2) is 22.7 Å². The molecule has 0 aliphatic carbocycles. The van der Waals surface area contributed by atoms with E-state index in [1.165, 1.54) is 36.4 Å². The van der Waals surface area contributed by atoms with E-state index in [2.05, 4.69) is 16.0 Å². The molecule has 0 aromatic heterocycles. The first kappa shape index (κ1) is 20.3. The van der Waals surface area contributed by atoms with Crippen molar-refractivity contribution in [3.05, 3.63) is 65.5 Å². The van der Waals surface area contributed by atoms with E-state index in [1.54, 1.807) is 12.1 Å². The van der Waals surface area contributed by atoms with Crippen LogP contribution in [-0.2, 0) is 27.9 Å². The van der Waals surface area contributed by atoms with Crippen molar-refractivity contribution in [1.29, 1.82) is 0 Å². The van der Waals surface area contributed by atoms with E-state index < -0.39 is 22.0 Å². The molecule has 0 heterocycles. The molecule has 2 rings (SSSR count). The second-order valence-electron chi connectivity index (χ2n) is 5.63. The van der Waals surface area contributed by atoms with E-state index in [0.29, 0.717) is 5.56 Å². The highest BCUT2D eigenvalue weighted by atomic mass is 32.2. The van der Waals surface area contributed by atoms with E-state index >= 15 is 0 Å². The molecule has 0 atom stereocenters. The number of halogens is 1. The number of sulfonamides is 1. The number of rotatable bonds is 7. The lowest BCUT2D eigenvalue weighted by atomic mass is 10.2. The summed E-state index contributed by atoms with van der Waals surface area (Å²) in [5.74, 6) is -0.776. The smallest absolute Gasteiger partial charge is 0.315 e. The van der Waals surface area contributed by atoms with Crippen LogP contribution in [0.5, 0.6) is 0 Å². The van der Waals surface area contributed by atoms with Gasteiger partial charge in [0.1, 0.15) is 5.82 Å². The van der Waals surface area contributed by atoms with Crippen molar-refractivity contribution >= 4 is 22.0 Å². The van der Waals surface area contributed by atoms with Gasteiger partial charge in [0.2, 0.25) is 15.9 Å². The normalized spacial score (nSPS) is 10.9. The number of amides is 3. The summed E-state index contributed by atoms with van der Waals surface area (Å²) in [4.78, 5) is 23.4. The lowest BCUT2D eigenvalue weighted by molar-refractivity contribution is -0.120. The summed E-state index contributed by atoms with van der Waals surface area (Å²) >= 11 is 0. The second-order valence-corrected chi connectivity index (χ2v) is 7.19. The molecule has 0 saturated carbocycles. The van der Waals surface area contributed by atoms with Crippen molar-refractivity contribution in [2.45, 2.75) is 18.0 Å². The number of carbonyl (C=O) groups excluding carboxylic acids is 2. The van der Waals surface area contributed by atoms with Gasteiger partial charge in [-0.3, -0.25) is 4.79 Å². The highest BCUT2D eigenvalue weighted by molar-refractivity contribution is 7.89. The third-order valence-corrected chi connectivity index (χ3v) is 4.45. The standard InChI is InChI=1S/C17H19FN4O4S/c18-14-5-1-12(2-6-14)10-21-17(24)22-11-16(23)20-9-13-3-7-15(8-4-13)27(19,25)26/h1-8H,9-11H2,(H,20,23)(H2,19,25,26)(H2,21,22,24). The molecule has 5 N–H and O–H groups in total. The van der Waals surface area contributed by atoms with Gasteiger partial charge in [-0.1, -0.05) is 24.3 Å². The molecule has 8 nitrogen and oxygen atoms in total. The minimum Gasteiger partial charge on any atom is -0.350 e. The van der Waals surface area contributed by atoms with E-state index in [4.69, 9.17) is 5.14 Å². The number of primary sulfonamides is 1. The molecule has 0 bridgehead atoms. The maximum Gasteiger partial charge on any atom is 0.315 e. The Labute approximate surface area is 156 Å². The van der Waals surface area contributed by atoms with Crippen molar-refractivity contribution < 1.29 is 22.4 Å². The third kappa shape index (κ3) is 7.04. The maximum atomic E-state index is 12.8. The van der Waals surface area contributed by atoms with E-state index in [0.717, 1.165) is 5.56 Å². The maximum absolute atomic E-state index is 12.8. The van der Waals surface area contributed by atoms with Crippen LogP contribution in [-0.4, -0.2) is 26.9 Å². The van der Waals surface area contributed by atoms with Gasteiger partial charge in [0.25, 0.3) is 0 Å². The molecule has 0 unspecified atom stereocenters. The van der Waals surface area contributed by atoms with Crippen LogP contribution >= 0.6 is 0 Å². The van der Waals surface area contributed by atoms with Crippen molar-refractivity contribution in [1.82, 2.24) is 16.0 Å². The molecular weight excluding hydrogens is 375 g/mol. The van der Waals surface area contributed by atoms with Crippen molar-refractivity contribution in [3.63, 3.8) is 0 Å². The lowest BCUT2D eigenvalue weighted by Gasteiger charge is -2.09. The van der Waals surface area contributed by atoms with Gasteiger partial charge < -0.3 is 16.0 Å². The van der Waals surface area contributed by atoms with Crippen LogP contribution in [0.2, 0.25) is 0 Å². The molecule has 0 fully saturated rings. The predicted octanol–water partition coefficient (Wildman–Crippen LogP) is 0.589. The summed E-state index contributed by atoms with van der Waals surface area (Å²) in [7, 11) is -3.76. The van der Waals surface area contributed by atoms with E-state index in [-0.39, 0.29) is 30.3 Å². The zero-order valence-electron chi connectivity index (χ0n) is 14.2. The van der Waals surface area contributed by atoms with Crippen molar-refractivity contribution in [2.24, 2.45) is 5.14 Å². The van der Waals surface area contributed by atoms with Gasteiger partial charge in [-0.2, -0.15) is 0 Å². The summed E-state index contributed by atoms with van der Waals surface area (Å²) < 4.78 is 35.1. The zero-order chi connectivity index (χ0) is 19.9. The fourth-order valence-corrected chi connectivity index (χ4v) is 2.58. The molecule has 144 valence electrons. The average Bonchev–Trinajstić information content (AvgIpc) is 2.64. The fraction of sp³-hybridized carbons (Fsp3) is 0.176. The Morgan fingerprint density at radius 1 is 0.852 bits per heavy atom. The number of urea groups is 1. The van der Waals surface area contributed by atoms with Crippen molar-refractivity contribution in [2.75, 3.05) is 6.54 Å². The van der Waals surface area contributed by atoms with E-state index in [9.17, 15) is 22.4 Å². The first-order chi connectivity index (χ1) is 12.7. The minimum absolute atomic E-state index is 0.0166. The largest absolute Gasteiger partial charge is 0.350 e. The topological polar surface area (TPSA) is 130 Å². The summed E-state index contributed by atoms with van der Waals surface area (Å²) in [6, 6.07) is 10.9. The number of nitrogens with two attached hydrogens (primary N) is 1. The number of nitrogens with one attached hydrogen (secondary N) is 3. The molecule has 0 spiro atoms. The molecular formula is C17H19FN4O4S. The van der Waals surface area contributed by atoms with E-state index in [1.807, 2.05) is 0 Å². The fourth-order valence-electron chi connectivity index (χ4n) is 2.07. The van der Waals surface area contributed by atoms with Gasteiger partial charge in [0.15, 0.2) is 0 Å².